The number of rotatable bonds is 6. The Balaban J connectivity index is 2.07. The second-order valence-corrected chi connectivity index (χ2v) is 5.55. The fourth-order valence-corrected chi connectivity index (χ4v) is 2.54. The predicted molar refractivity (Wildman–Crippen MR) is 83.5 cm³/mol. The molecule has 0 aliphatic carbocycles. The zero-order valence-corrected chi connectivity index (χ0v) is 12.7. The Bertz CT molecular complexity index is 545. The summed E-state index contributed by atoms with van der Waals surface area (Å²) in [5.41, 5.74) is 1.97. The van der Waals surface area contributed by atoms with E-state index in [-0.39, 0.29) is 18.4 Å². The van der Waals surface area contributed by atoms with Gasteiger partial charge in [-0.05, 0) is 30.2 Å². The summed E-state index contributed by atoms with van der Waals surface area (Å²) in [5.74, 6) is 0.275. The lowest BCUT2D eigenvalue weighted by Gasteiger charge is -2.19. The van der Waals surface area contributed by atoms with Crippen LogP contribution in [0.5, 0.6) is 5.75 Å². The van der Waals surface area contributed by atoms with Gasteiger partial charge in [-0.1, -0.05) is 46.3 Å². The fourth-order valence-electron chi connectivity index (χ4n) is 2.13. The van der Waals surface area contributed by atoms with E-state index in [1.54, 1.807) is 12.1 Å². The van der Waals surface area contributed by atoms with Crippen molar-refractivity contribution in [3.05, 3.63) is 64.1 Å². The molecule has 3 nitrogen and oxygen atoms in total. The summed E-state index contributed by atoms with van der Waals surface area (Å²) in [6.45, 7) is 0.669. The summed E-state index contributed by atoms with van der Waals surface area (Å²) in [6, 6.07) is 15.5. The monoisotopic (exact) mass is 335 g/mol. The van der Waals surface area contributed by atoms with Crippen LogP contribution >= 0.6 is 15.9 Å². The molecule has 0 radical (unpaired) electrons. The van der Waals surface area contributed by atoms with E-state index in [2.05, 4.69) is 21.2 Å². The van der Waals surface area contributed by atoms with Gasteiger partial charge in [0, 0.05) is 29.2 Å². The van der Waals surface area contributed by atoms with Crippen LogP contribution in [0.1, 0.15) is 23.6 Å². The molecule has 0 bridgehead atoms. The Morgan fingerprint density at radius 1 is 1.10 bits per heavy atom. The van der Waals surface area contributed by atoms with Crippen LogP contribution in [-0.2, 0) is 6.54 Å². The van der Waals surface area contributed by atoms with Gasteiger partial charge >= 0.3 is 0 Å². The predicted octanol–water partition coefficient (Wildman–Crippen LogP) is 3.37. The van der Waals surface area contributed by atoms with Gasteiger partial charge in [-0.2, -0.15) is 0 Å². The minimum atomic E-state index is 0.0691. The molecule has 0 spiro atoms. The Morgan fingerprint density at radius 2 is 1.85 bits per heavy atom. The lowest BCUT2D eigenvalue weighted by atomic mass is 10.0. The number of aliphatic hydroxyl groups is 1. The first-order valence-corrected chi connectivity index (χ1v) is 7.36. The molecule has 0 saturated heterocycles. The van der Waals surface area contributed by atoms with Crippen LogP contribution < -0.4 is 5.32 Å². The average molecular weight is 336 g/mol. The third kappa shape index (κ3) is 4.07. The van der Waals surface area contributed by atoms with Gasteiger partial charge in [0.05, 0.1) is 0 Å². The molecule has 0 aromatic heterocycles. The molecule has 0 saturated carbocycles. The number of phenols is 1. The van der Waals surface area contributed by atoms with Gasteiger partial charge in [-0.15, -0.1) is 0 Å². The molecular formula is C16H18BrNO2. The van der Waals surface area contributed by atoms with E-state index in [1.165, 1.54) is 0 Å². The van der Waals surface area contributed by atoms with Gasteiger partial charge in [0.25, 0.3) is 0 Å². The molecule has 0 fully saturated rings. The minimum Gasteiger partial charge on any atom is -0.508 e. The molecule has 2 aromatic carbocycles. The second-order valence-electron chi connectivity index (χ2n) is 4.63. The van der Waals surface area contributed by atoms with Crippen molar-refractivity contribution in [2.75, 3.05) is 6.61 Å². The van der Waals surface area contributed by atoms with Gasteiger partial charge in [0.15, 0.2) is 0 Å². The zero-order valence-electron chi connectivity index (χ0n) is 11.1. The lowest BCUT2D eigenvalue weighted by Crippen LogP contribution is -2.22. The van der Waals surface area contributed by atoms with E-state index in [1.807, 2.05) is 36.4 Å². The van der Waals surface area contributed by atoms with Crippen LogP contribution in [0.2, 0.25) is 0 Å². The highest BCUT2D eigenvalue weighted by Gasteiger charge is 2.11. The molecule has 2 rings (SSSR count). The third-order valence-electron chi connectivity index (χ3n) is 3.20. The Kier molecular flexibility index (Phi) is 5.59. The summed E-state index contributed by atoms with van der Waals surface area (Å²) >= 11 is 3.40. The molecule has 0 aliphatic rings. The number of aromatic hydroxyl groups is 1. The SMILES string of the molecule is OCC[C@@H](NCc1cc(Br)ccc1O)c1ccccc1. The average Bonchev–Trinajstić information content (AvgIpc) is 2.47. The van der Waals surface area contributed by atoms with Crippen molar-refractivity contribution < 1.29 is 10.2 Å². The summed E-state index contributed by atoms with van der Waals surface area (Å²) in [5, 5.41) is 22.4. The van der Waals surface area contributed by atoms with Crippen LogP contribution in [0.25, 0.3) is 0 Å². The summed E-state index contributed by atoms with van der Waals surface area (Å²) in [6.07, 6.45) is 0.638. The first-order valence-electron chi connectivity index (χ1n) is 6.57. The van der Waals surface area contributed by atoms with Gasteiger partial charge in [-0.25, -0.2) is 0 Å². The van der Waals surface area contributed by atoms with Crippen molar-refractivity contribution in [3.8, 4) is 5.75 Å². The summed E-state index contributed by atoms with van der Waals surface area (Å²) in [4.78, 5) is 0. The Hall–Kier alpha value is -1.36. The van der Waals surface area contributed by atoms with E-state index in [0.29, 0.717) is 13.0 Å². The highest BCUT2D eigenvalue weighted by Crippen LogP contribution is 2.23. The molecular weight excluding hydrogens is 318 g/mol. The maximum Gasteiger partial charge on any atom is 0.120 e. The van der Waals surface area contributed by atoms with E-state index in [9.17, 15) is 10.2 Å². The van der Waals surface area contributed by atoms with Crippen LogP contribution in [0.4, 0.5) is 0 Å². The Labute approximate surface area is 127 Å². The van der Waals surface area contributed by atoms with Crippen molar-refractivity contribution >= 4 is 15.9 Å². The standard InChI is InChI=1S/C16H18BrNO2/c17-14-6-7-16(20)13(10-14)11-18-15(8-9-19)12-4-2-1-3-5-12/h1-7,10,15,18-20H,8-9,11H2/t15-/m1/s1. The summed E-state index contributed by atoms with van der Waals surface area (Å²) < 4.78 is 0.936. The molecule has 0 heterocycles. The normalized spacial score (nSPS) is 12.3. The number of nitrogens with one attached hydrogen (secondary N) is 1. The maximum absolute atomic E-state index is 9.84. The quantitative estimate of drug-likeness (QED) is 0.758. The number of hydrogen-bond acceptors (Lipinski definition) is 3. The molecule has 0 amide bonds. The van der Waals surface area contributed by atoms with E-state index in [4.69, 9.17) is 0 Å². The molecule has 0 unspecified atom stereocenters. The van der Waals surface area contributed by atoms with Crippen molar-refractivity contribution in [2.45, 2.75) is 19.0 Å². The Morgan fingerprint density at radius 3 is 2.55 bits per heavy atom. The van der Waals surface area contributed by atoms with Crippen molar-refractivity contribution in [1.82, 2.24) is 5.32 Å². The molecule has 20 heavy (non-hydrogen) atoms. The molecule has 106 valence electrons. The zero-order chi connectivity index (χ0) is 14.4. The van der Waals surface area contributed by atoms with Gasteiger partial charge in [0.1, 0.15) is 5.75 Å². The van der Waals surface area contributed by atoms with Gasteiger partial charge < -0.3 is 15.5 Å². The van der Waals surface area contributed by atoms with Crippen molar-refractivity contribution in [1.29, 1.82) is 0 Å². The van der Waals surface area contributed by atoms with E-state index >= 15 is 0 Å². The van der Waals surface area contributed by atoms with Gasteiger partial charge in [0.2, 0.25) is 0 Å². The minimum absolute atomic E-state index is 0.0691. The smallest absolute Gasteiger partial charge is 0.120 e. The first kappa shape index (κ1) is 15.0. The second kappa shape index (κ2) is 7.43. The van der Waals surface area contributed by atoms with Crippen LogP contribution in [0.3, 0.4) is 0 Å². The number of benzene rings is 2. The molecule has 1 atom stereocenters. The lowest BCUT2D eigenvalue weighted by molar-refractivity contribution is 0.265. The fraction of sp³-hybridized carbons (Fsp3) is 0.250. The molecule has 2 aromatic rings. The summed E-state index contributed by atoms with van der Waals surface area (Å²) in [7, 11) is 0. The van der Waals surface area contributed by atoms with Crippen LogP contribution in [-0.4, -0.2) is 16.8 Å². The van der Waals surface area contributed by atoms with Crippen molar-refractivity contribution in [2.24, 2.45) is 0 Å². The topological polar surface area (TPSA) is 52.5 Å². The highest BCUT2D eigenvalue weighted by atomic mass is 79.9. The number of aliphatic hydroxyl groups excluding tert-OH is 1. The molecule has 3 N–H and O–H groups in total. The largest absolute Gasteiger partial charge is 0.508 e. The molecule has 4 heteroatoms. The van der Waals surface area contributed by atoms with E-state index < -0.39 is 0 Å². The maximum atomic E-state index is 9.84. The van der Waals surface area contributed by atoms with E-state index in [0.717, 1.165) is 15.6 Å². The van der Waals surface area contributed by atoms with Crippen molar-refractivity contribution in [3.63, 3.8) is 0 Å². The first-order chi connectivity index (χ1) is 9.70. The third-order valence-corrected chi connectivity index (χ3v) is 3.69. The number of hydrogen-bond donors (Lipinski definition) is 3. The number of halogens is 1. The van der Waals surface area contributed by atoms with Crippen LogP contribution in [0, 0.1) is 0 Å². The molecule has 0 aliphatic heterocycles. The van der Waals surface area contributed by atoms with Crippen LogP contribution in [0.15, 0.2) is 53.0 Å². The highest BCUT2D eigenvalue weighted by molar-refractivity contribution is 9.10. The number of phenolic OH excluding ortho intramolecular Hbond substituents is 1. The van der Waals surface area contributed by atoms with Gasteiger partial charge in [-0.3, -0.25) is 0 Å².